The zero-order valence-electron chi connectivity index (χ0n) is 12.8. The molecule has 1 aromatic carbocycles. The second-order valence-corrected chi connectivity index (χ2v) is 5.11. The molecule has 1 saturated heterocycles. The molecule has 7 heteroatoms. The van der Waals surface area contributed by atoms with Crippen LogP contribution in [-0.2, 0) is 19.5 Å². The Morgan fingerprint density at radius 2 is 1.59 bits per heavy atom. The number of alkyl halides is 3. The largest absolute Gasteiger partial charge is 0.411 e. The van der Waals surface area contributed by atoms with Crippen molar-refractivity contribution in [2.45, 2.75) is 38.1 Å². The minimum Gasteiger partial charge on any atom is -0.387 e. The molecule has 2 rings (SSSR count). The number of likely N-dealkylation sites (tertiary alicyclic amines) is 1. The van der Waals surface area contributed by atoms with E-state index in [0.29, 0.717) is 0 Å². The van der Waals surface area contributed by atoms with Gasteiger partial charge in [-0.05, 0) is 38.4 Å². The van der Waals surface area contributed by atoms with Gasteiger partial charge >= 0.3 is 6.18 Å². The molecule has 0 amide bonds. The van der Waals surface area contributed by atoms with Crippen molar-refractivity contribution in [1.29, 1.82) is 0 Å². The van der Waals surface area contributed by atoms with E-state index in [1.54, 1.807) is 0 Å². The molecule has 2 N–H and O–H groups in total. The number of rotatable bonds is 3. The van der Waals surface area contributed by atoms with Crippen LogP contribution in [0.2, 0.25) is 0 Å². The summed E-state index contributed by atoms with van der Waals surface area (Å²) in [6, 6.07) is 10.2. The van der Waals surface area contributed by atoms with Crippen molar-refractivity contribution in [3.8, 4) is 0 Å². The topological polar surface area (TPSA) is 43.7 Å². The monoisotopic (exact) mass is 369 g/mol. The maximum Gasteiger partial charge on any atom is 0.411 e. The normalized spacial score (nSPS) is 17.9. The van der Waals surface area contributed by atoms with Crippen molar-refractivity contribution in [2.24, 2.45) is 0 Å². The molecule has 1 fully saturated rings. The predicted molar refractivity (Wildman–Crippen MR) is 74.8 cm³/mol. The van der Waals surface area contributed by atoms with E-state index in [-0.39, 0.29) is 31.6 Å². The van der Waals surface area contributed by atoms with Crippen LogP contribution in [0, 0.1) is 0 Å². The molecule has 22 heavy (non-hydrogen) atoms. The zero-order chi connectivity index (χ0) is 15.9. The van der Waals surface area contributed by atoms with Gasteiger partial charge in [0, 0.05) is 25.5 Å². The van der Waals surface area contributed by atoms with E-state index in [9.17, 15) is 18.3 Å². The SMILES string of the molecule is C[C@@H]([C@H](O)c1ccccc1)N1CCCC1.OCC(F)(F)F.[Zn]. The van der Waals surface area contributed by atoms with Gasteiger partial charge in [0.1, 0.15) is 6.61 Å². The number of hydrogen-bond donors (Lipinski definition) is 2. The molecule has 122 valence electrons. The van der Waals surface area contributed by atoms with Crippen LogP contribution in [0.3, 0.4) is 0 Å². The van der Waals surface area contributed by atoms with Crippen LogP contribution in [0.5, 0.6) is 0 Å². The molecule has 1 heterocycles. The van der Waals surface area contributed by atoms with Crippen molar-refractivity contribution in [2.75, 3.05) is 19.7 Å². The summed E-state index contributed by atoms with van der Waals surface area (Å²) in [6.07, 6.45) is -2.22. The van der Waals surface area contributed by atoms with Crippen LogP contribution in [0.15, 0.2) is 30.3 Å². The second kappa shape index (κ2) is 10.3. The Labute approximate surface area is 141 Å². The molecule has 0 spiro atoms. The number of nitrogens with zero attached hydrogens (tertiary/aromatic N) is 1. The number of aliphatic hydroxyl groups excluding tert-OH is 2. The Kier molecular flexibility index (Phi) is 10.1. The van der Waals surface area contributed by atoms with E-state index in [2.05, 4.69) is 11.8 Å². The maximum absolute atomic E-state index is 10.5. The van der Waals surface area contributed by atoms with Gasteiger partial charge in [0.15, 0.2) is 0 Å². The second-order valence-electron chi connectivity index (χ2n) is 5.11. The molecule has 0 saturated carbocycles. The molecule has 1 aromatic rings. The van der Waals surface area contributed by atoms with E-state index >= 15 is 0 Å². The average molecular weight is 371 g/mol. The van der Waals surface area contributed by atoms with Crippen LogP contribution in [0.1, 0.15) is 31.4 Å². The third kappa shape index (κ3) is 7.68. The predicted octanol–water partition coefficient (Wildman–Crippen LogP) is 2.74. The van der Waals surface area contributed by atoms with Gasteiger partial charge in [0.2, 0.25) is 0 Å². The fraction of sp³-hybridized carbons (Fsp3) is 0.600. The number of aliphatic hydroxyl groups is 2. The summed E-state index contributed by atoms with van der Waals surface area (Å²) in [5.74, 6) is 0. The summed E-state index contributed by atoms with van der Waals surface area (Å²) in [5.41, 5.74) is 1.02. The van der Waals surface area contributed by atoms with Gasteiger partial charge in [-0.1, -0.05) is 30.3 Å². The fourth-order valence-electron chi connectivity index (χ4n) is 2.28. The van der Waals surface area contributed by atoms with E-state index in [0.717, 1.165) is 18.7 Å². The Balaban J connectivity index is 0.000000546. The van der Waals surface area contributed by atoms with Crippen molar-refractivity contribution < 1.29 is 42.9 Å². The molecule has 0 bridgehead atoms. The minimum absolute atomic E-state index is 0. The van der Waals surface area contributed by atoms with E-state index in [1.807, 2.05) is 30.3 Å². The quantitative estimate of drug-likeness (QED) is 0.804. The Bertz CT molecular complexity index is 398. The van der Waals surface area contributed by atoms with Crippen LogP contribution in [0.4, 0.5) is 13.2 Å². The first kappa shape index (κ1) is 21.5. The average Bonchev–Trinajstić information content (AvgIpc) is 3.01. The van der Waals surface area contributed by atoms with E-state index in [1.165, 1.54) is 12.8 Å². The van der Waals surface area contributed by atoms with Gasteiger partial charge < -0.3 is 10.2 Å². The van der Waals surface area contributed by atoms with Gasteiger partial charge in [0.25, 0.3) is 0 Å². The van der Waals surface area contributed by atoms with Crippen LogP contribution < -0.4 is 0 Å². The Morgan fingerprint density at radius 3 is 2.00 bits per heavy atom. The molecular weight excluding hydrogens is 349 g/mol. The van der Waals surface area contributed by atoms with Crippen molar-refractivity contribution >= 4 is 0 Å². The zero-order valence-corrected chi connectivity index (χ0v) is 15.7. The molecule has 3 nitrogen and oxygen atoms in total. The molecule has 1 aliphatic heterocycles. The van der Waals surface area contributed by atoms with Gasteiger partial charge in [-0.15, -0.1) is 0 Å². The Morgan fingerprint density at radius 1 is 1.14 bits per heavy atom. The molecule has 2 atom stereocenters. The first-order valence-corrected chi connectivity index (χ1v) is 7.00. The summed E-state index contributed by atoms with van der Waals surface area (Å²) < 4.78 is 31.6. The fourth-order valence-corrected chi connectivity index (χ4v) is 2.28. The summed E-state index contributed by atoms with van der Waals surface area (Å²) in [6.45, 7) is 2.64. The number of benzene rings is 1. The van der Waals surface area contributed by atoms with Crippen molar-refractivity contribution in [1.82, 2.24) is 4.90 Å². The number of hydrogen-bond acceptors (Lipinski definition) is 3. The van der Waals surface area contributed by atoms with Crippen molar-refractivity contribution in [3.63, 3.8) is 0 Å². The van der Waals surface area contributed by atoms with Crippen LogP contribution in [-0.4, -0.2) is 47.0 Å². The smallest absolute Gasteiger partial charge is 0.387 e. The van der Waals surface area contributed by atoms with E-state index < -0.39 is 12.8 Å². The molecule has 0 unspecified atom stereocenters. The summed E-state index contributed by atoms with van der Waals surface area (Å²) in [4.78, 5) is 2.37. The van der Waals surface area contributed by atoms with Crippen LogP contribution >= 0.6 is 0 Å². The third-order valence-electron chi connectivity index (χ3n) is 3.49. The first-order valence-electron chi connectivity index (χ1n) is 7.00. The third-order valence-corrected chi connectivity index (χ3v) is 3.49. The summed E-state index contributed by atoms with van der Waals surface area (Å²) in [7, 11) is 0. The van der Waals surface area contributed by atoms with Gasteiger partial charge in [-0.3, -0.25) is 4.90 Å². The van der Waals surface area contributed by atoms with Gasteiger partial charge in [-0.2, -0.15) is 13.2 Å². The summed E-state index contributed by atoms with van der Waals surface area (Å²) in [5, 5.41) is 17.5. The molecule has 1 aliphatic rings. The molecule has 0 aliphatic carbocycles. The minimum atomic E-state index is -4.40. The molecular formula is C15H22F3NO2Zn. The Hall–Kier alpha value is -0.487. The van der Waals surface area contributed by atoms with Crippen LogP contribution in [0.25, 0.3) is 0 Å². The first-order chi connectivity index (χ1) is 9.85. The van der Waals surface area contributed by atoms with E-state index in [4.69, 9.17) is 5.11 Å². The number of halogens is 3. The molecule has 0 aromatic heterocycles. The van der Waals surface area contributed by atoms with Gasteiger partial charge in [-0.25, -0.2) is 0 Å². The maximum atomic E-state index is 10.5. The van der Waals surface area contributed by atoms with Crippen molar-refractivity contribution in [3.05, 3.63) is 35.9 Å². The molecule has 0 radical (unpaired) electrons. The summed E-state index contributed by atoms with van der Waals surface area (Å²) >= 11 is 0. The van der Waals surface area contributed by atoms with Gasteiger partial charge in [0.05, 0.1) is 6.10 Å². The standard InChI is InChI=1S/C13H19NO.C2H3F3O.Zn/c1-11(14-9-5-6-10-14)13(15)12-7-3-2-4-8-12;3-2(4,5)1-6;/h2-4,7-8,11,13,15H,5-6,9-10H2,1H3;6H,1H2;/t11-,13-;;/m0../s1.